The lowest BCUT2D eigenvalue weighted by molar-refractivity contribution is -0.118. The number of amides is 1. The van der Waals surface area contributed by atoms with Gasteiger partial charge in [0.2, 0.25) is 0 Å². The van der Waals surface area contributed by atoms with Gasteiger partial charge in [-0.25, -0.2) is 0 Å². The lowest BCUT2D eigenvalue weighted by atomic mass is 10.1. The molecule has 3 N–H and O–H groups in total. The number of ketones is 1. The Morgan fingerprint density at radius 3 is 2.67 bits per heavy atom. The standard InChI is InChI=1S/C18H19ClN2O3/c1-2-4-16(22)12-7-8-17(15(20)9-12)24-11-18(23)21-14-6-3-5-13(19)10-14/h3,5-10H,2,4,11,20H2,1H3,(H,21,23). The third-order valence-electron chi connectivity index (χ3n) is 3.28. The van der Waals surface area contributed by atoms with E-state index in [9.17, 15) is 9.59 Å². The summed E-state index contributed by atoms with van der Waals surface area (Å²) in [6.07, 6.45) is 1.25. The maximum atomic E-state index is 11.9. The summed E-state index contributed by atoms with van der Waals surface area (Å²) >= 11 is 5.86. The zero-order valence-electron chi connectivity index (χ0n) is 13.3. The van der Waals surface area contributed by atoms with Crippen LogP contribution >= 0.6 is 11.6 Å². The van der Waals surface area contributed by atoms with Crippen LogP contribution in [0.15, 0.2) is 42.5 Å². The summed E-state index contributed by atoms with van der Waals surface area (Å²) in [4.78, 5) is 23.7. The summed E-state index contributed by atoms with van der Waals surface area (Å²) in [5.74, 6) is 0.0709. The number of hydrogen-bond donors (Lipinski definition) is 2. The number of nitrogens with two attached hydrogens (primary N) is 1. The molecule has 2 aromatic rings. The van der Waals surface area contributed by atoms with Gasteiger partial charge in [0.25, 0.3) is 5.91 Å². The van der Waals surface area contributed by atoms with Crippen LogP contribution in [0.4, 0.5) is 11.4 Å². The second-order valence-electron chi connectivity index (χ2n) is 5.27. The Hall–Kier alpha value is -2.53. The molecule has 0 fully saturated rings. The SMILES string of the molecule is CCCC(=O)c1ccc(OCC(=O)Nc2cccc(Cl)c2)c(N)c1. The van der Waals surface area contributed by atoms with E-state index in [2.05, 4.69) is 5.32 Å². The molecule has 0 aromatic heterocycles. The van der Waals surface area contributed by atoms with Crippen LogP contribution in [-0.4, -0.2) is 18.3 Å². The minimum absolute atomic E-state index is 0.0365. The molecule has 0 aliphatic carbocycles. The lowest BCUT2D eigenvalue weighted by Crippen LogP contribution is -2.20. The fraction of sp³-hybridized carbons (Fsp3) is 0.222. The fourth-order valence-corrected chi connectivity index (χ4v) is 2.32. The molecule has 6 heteroatoms. The first-order valence-corrected chi connectivity index (χ1v) is 7.98. The van der Waals surface area contributed by atoms with Crippen LogP contribution in [0.3, 0.4) is 0 Å². The van der Waals surface area contributed by atoms with Crippen molar-refractivity contribution in [2.45, 2.75) is 19.8 Å². The number of hydrogen-bond acceptors (Lipinski definition) is 4. The number of rotatable bonds is 7. The summed E-state index contributed by atoms with van der Waals surface area (Å²) in [7, 11) is 0. The number of Topliss-reactive ketones (excluding diaryl/α,β-unsaturated/α-hetero) is 1. The highest BCUT2D eigenvalue weighted by molar-refractivity contribution is 6.30. The number of anilines is 2. The van der Waals surface area contributed by atoms with Crippen LogP contribution in [0.5, 0.6) is 5.75 Å². The normalized spacial score (nSPS) is 10.2. The molecule has 0 bridgehead atoms. The third-order valence-corrected chi connectivity index (χ3v) is 3.51. The third kappa shape index (κ3) is 4.99. The first-order valence-electron chi connectivity index (χ1n) is 7.60. The van der Waals surface area contributed by atoms with E-state index in [0.29, 0.717) is 34.1 Å². The van der Waals surface area contributed by atoms with Gasteiger partial charge in [-0.05, 0) is 42.8 Å². The van der Waals surface area contributed by atoms with Gasteiger partial charge in [0.15, 0.2) is 12.4 Å². The highest BCUT2D eigenvalue weighted by atomic mass is 35.5. The first-order chi connectivity index (χ1) is 11.5. The van der Waals surface area contributed by atoms with Crippen molar-refractivity contribution in [3.05, 3.63) is 53.1 Å². The molecular formula is C18H19ClN2O3. The molecule has 1 amide bonds. The van der Waals surface area contributed by atoms with Gasteiger partial charge in [-0.2, -0.15) is 0 Å². The summed E-state index contributed by atoms with van der Waals surface area (Å²) < 4.78 is 5.41. The van der Waals surface area contributed by atoms with Gasteiger partial charge in [0, 0.05) is 22.7 Å². The number of benzene rings is 2. The Kier molecular flexibility index (Phi) is 6.21. The number of carbonyl (C=O) groups is 2. The Morgan fingerprint density at radius 2 is 2.00 bits per heavy atom. The molecule has 126 valence electrons. The van der Waals surface area contributed by atoms with Gasteiger partial charge >= 0.3 is 0 Å². The van der Waals surface area contributed by atoms with Crippen molar-refractivity contribution in [1.29, 1.82) is 0 Å². The van der Waals surface area contributed by atoms with Crippen molar-refractivity contribution in [3.63, 3.8) is 0 Å². The van der Waals surface area contributed by atoms with E-state index in [1.807, 2.05) is 6.92 Å². The number of halogens is 1. The average molecular weight is 347 g/mol. The molecule has 2 rings (SSSR count). The highest BCUT2D eigenvalue weighted by Gasteiger charge is 2.10. The number of carbonyl (C=O) groups excluding carboxylic acids is 2. The van der Waals surface area contributed by atoms with Crippen LogP contribution in [0, 0.1) is 0 Å². The molecule has 0 aliphatic rings. The zero-order chi connectivity index (χ0) is 17.5. The molecular weight excluding hydrogens is 328 g/mol. The maximum absolute atomic E-state index is 11.9. The van der Waals surface area contributed by atoms with E-state index in [0.717, 1.165) is 6.42 Å². The van der Waals surface area contributed by atoms with E-state index >= 15 is 0 Å². The van der Waals surface area contributed by atoms with Gasteiger partial charge in [0.05, 0.1) is 5.69 Å². The topological polar surface area (TPSA) is 81.4 Å². The van der Waals surface area contributed by atoms with Crippen LogP contribution in [-0.2, 0) is 4.79 Å². The number of nitrogens with one attached hydrogen (secondary N) is 1. The van der Waals surface area contributed by atoms with Crippen molar-refractivity contribution in [2.24, 2.45) is 0 Å². The van der Waals surface area contributed by atoms with E-state index in [4.69, 9.17) is 22.1 Å². The molecule has 0 aliphatic heterocycles. The quantitative estimate of drug-likeness (QED) is 0.588. The average Bonchev–Trinajstić information content (AvgIpc) is 2.54. The van der Waals surface area contributed by atoms with Crippen LogP contribution < -0.4 is 15.8 Å². The highest BCUT2D eigenvalue weighted by Crippen LogP contribution is 2.23. The van der Waals surface area contributed by atoms with E-state index in [1.54, 1.807) is 42.5 Å². The Balaban J connectivity index is 1.94. The molecule has 2 aromatic carbocycles. The van der Waals surface area contributed by atoms with Gasteiger partial charge < -0.3 is 15.8 Å². The number of ether oxygens (including phenoxy) is 1. The second-order valence-corrected chi connectivity index (χ2v) is 5.71. The Morgan fingerprint density at radius 1 is 1.21 bits per heavy atom. The van der Waals surface area contributed by atoms with Crippen molar-refractivity contribution in [3.8, 4) is 5.75 Å². The van der Waals surface area contributed by atoms with Crippen LogP contribution in [0.25, 0.3) is 0 Å². The summed E-state index contributed by atoms with van der Waals surface area (Å²) in [5.41, 5.74) is 7.35. The monoisotopic (exact) mass is 346 g/mol. The lowest BCUT2D eigenvalue weighted by Gasteiger charge is -2.10. The maximum Gasteiger partial charge on any atom is 0.262 e. The van der Waals surface area contributed by atoms with Gasteiger partial charge in [-0.15, -0.1) is 0 Å². The smallest absolute Gasteiger partial charge is 0.262 e. The minimum atomic E-state index is -0.331. The molecule has 0 saturated heterocycles. The van der Waals surface area contributed by atoms with Gasteiger partial charge in [-0.1, -0.05) is 24.6 Å². The van der Waals surface area contributed by atoms with Crippen molar-refractivity contribution in [1.82, 2.24) is 0 Å². The van der Waals surface area contributed by atoms with Crippen LogP contribution in [0.1, 0.15) is 30.1 Å². The van der Waals surface area contributed by atoms with Crippen molar-refractivity contribution < 1.29 is 14.3 Å². The molecule has 0 atom stereocenters. The predicted octanol–water partition coefficient (Wildman–Crippen LogP) is 3.92. The fourth-order valence-electron chi connectivity index (χ4n) is 2.13. The number of nitrogen functional groups attached to an aromatic ring is 1. The van der Waals surface area contributed by atoms with Gasteiger partial charge in [-0.3, -0.25) is 9.59 Å². The van der Waals surface area contributed by atoms with Crippen molar-refractivity contribution in [2.75, 3.05) is 17.7 Å². The Bertz CT molecular complexity index is 747. The molecule has 24 heavy (non-hydrogen) atoms. The summed E-state index contributed by atoms with van der Waals surface area (Å²) in [6, 6.07) is 11.7. The molecule has 0 spiro atoms. The predicted molar refractivity (Wildman–Crippen MR) is 95.7 cm³/mol. The summed E-state index contributed by atoms with van der Waals surface area (Å²) in [5, 5.41) is 3.21. The van der Waals surface area contributed by atoms with Crippen LogP contribution in [0.2, 0.25) is 5.02 Å². The van der Waals surface area contributed by atoms with Crippen molar-refractivity contribution >= 4 is 34.7 Å². The second kappa shape index (κ2) is 8.36. The Labute approximate surface area is 145 Å². The van der Waals surface area contributed by atoms with E-state index in [-0.39, 0.29) is 18.3 Å². The molecule has 0 heterocycles. The molecule has 0 saturated carbocycles. The summed E-state index contributed by atoms with van der Waals surface area (Å²) in [6.45, 7) is 1.75. The molecule has 5 nitrogen and oxygen atoms in total. The van der Waals surface area contributed by atoms with E-state index in [1.165, 1.54) is 0 Å². The largest absolute Gasteiger partial charge is 0.482 e. The first kappa shape index (κ1) is 17.8. The van der Waals surface area contributed by atoms with E-state index < -0.39 is 0 Å². The van der Waals surface area contributed by atoms with Gasteiger partial charge in [0.1, 0.15) is 5.75 Å². The minimum Gasteiger partial charge on any atom is -0.482 e. The molecule has 0 unspecified atom stereocenters. The zero-order valence-corrected chi connectivity index (χ0v) is 14.1. The molecule has 0 radical (unpaired) electrons.